The summed E-state index contributed by atoms with van der Waals surface area (Å²) in [5.74, 6) is -0.0372. The maximum Gasteiger partial charge on any atom is 0.307 e. The predicted molar refractivity (Wildman–Crippen MR) is 70.4 cm³/mol. The van der Waals surface area contributed by atoms with E-state index < -0.39 is 4.92 Å². The standard InChI is InChI=1S/C10H8BrN5O3/c11-9-3-6(1-2-8(9)10(12)14-17)15-5-7(4-13-15)16(18)19/h1-5,17H,(H2,12,14). The second-order valence-corrected chi connectivity index (χ2v) is 4.40. The molecule has 0 atom stereocenters. The van der Waals surface area contributed by atoms with Crippen LogP contribution in [0.5, 0.6) is 0 Å². The maximum absolute atomic E-state index is 10.6. The summed E-state index contributed by atoms with van der Waals surface area (Å²) in [6.07, 6.45) is 2.45. The number of nitro groups is 1. The summed E-state index contributed by atoms with van der Waals surface area (Å²) in [6, 6.07) is 4.92. The molecule has 0 fully saturated rings. The molecule has 2 rings (SSSR count). The first-order chi connectivity index (χ1) is 9.02. The molecular formula is C10H8BrN5O3. The average Bonchev–Trinajstić information content (AvgIpc) is 2.87. The molecule has 1 aromatic heterocycles. The van der Waals surface area contributed by atoms with E-state index in [-0.39, 0.29) is 11.5 Å². The molecule has 19 heavy (non-hydrogen) atoms. The smallest absolute Gasteiger partial charge is 0.307 e. The van der Waals surface area contributed by atoms with Gasteiger partial charge in [-0.15, -0.1) is 0 Å². The highest BCUT2D eigenvalue weighted by Crippen LogP contribution is 2.21. The van der Waals surface area contributed by atoms with Crippen LogP contribution < -0.4 is 5.73 Å². The molecule has 3 N–H and O–H groups in total. The van der Waals surface area contributed by atoms with Gasteiger partial charge in [0.1, 0.15) is 12.4 Å². The predicted octanol–water partition coefficient (Wildman–Crippen LogP) is 1.64. The number of oxime groups is 1. The van der Waals surface area contributed by atoms with Gasteiger partial charge in [-0.25, -0.2) is 4.68 Å². The van der Waals surface area contributed by atoms with Crippen LogP contribution in [0.15, 0.2) is 40.2 Å². The summed E-state index contributed by atoms with van der Waals surface area (Å²) in [4.78, 5) is 10.1. The molecule has 0 aliphatic carbocycles. The lowest BCUT2D eigenvalue weighted by atomic mass is 10.2. The zero-order valence-electron chi connectivity index (χ0n) is 9.39. The van der Waals surface area contributed by atoms with Gasteiger partial charge in [0, 0.05) is 10.0 Å². The van der Waals surface area contributed by atoms with E-state index in [0.29, 0.717) is 15.7 Å². The Morgan fingerprint density at radius 2 is 2.32 bits per heavy atom. The zero-order valence-corrected chi connectivity index (χ0v) is 11.0. The first-order valence-corrected chi connectivity index (χ1v) is 5.79. The Kier molecular flexibility index (Phi) is 3.47. The Labute approximate surface area is 115 Å². The van der Waals surface area contributed by atoms with Gasteiger partial charge >= 0.3 is 5.69 Å². The van der Waals surface area contributed by atoms with E-state index in [1.807, 2.05) is 0 Å². The van der Waals surface area contributed by atoms with Crippen LogP contribution in [-0.4, -0.2) is 25.7 Å². The summed E-state index contributed by atoms with van der Waals surface area (Å²) in [5.41, 5.74) is 6.50. The summed E-state index contributed by atoms with van der Waals surface area (Å²) in [5, 5.41) is 26.0. The fraction of sp³-hybridized carbons (Fsp3) is 0. The highest BCUT2D eigenvalue weighted by Gasteiger charge is 2.11. The molecule has 0 spiro atoms. The van der Waals surface area contributed by atoms with Crippen molar-refractivity contribution in [2.75, 3.05) is 0 Å². The number of benzene rings is 1. The second-order valence-electron chi connectivity index (χ2n) is 3.55. The highest BCUT2D eigenvalue weighted by atomic mass is 79.9. The van der Waals surface area contributed by atoms with E-state index in [4.69, 9.17) is 10.9 Å². The molecular weight excluding hydrogens is 318 g/mol. The Bertz CT molecular complexity index is 667. The van der Waals surface area contributed by atoms with E-state index in [9.17, 15) is 10.1 Å². The van der Waals surface area contributed by atoms with Crippen LogP contribution in [0.1, 0.15) is 5.56 Å². The summed E-state index contributed by atoms with van der Waals surface area (Å²) in [6.45, 7) is 0. The van der Waals surface area contributed by atoms with Crippen molar-refractivity contribution in [3.05, 3.63) is 50.7 Å². The molecule has 0 aliphatic rings. The Hall–Kier alpha value is -2.42. The fourth-order valence-electron chi connectivity index (χ4n) is 1.46. The van der Waals surface area contributed by atoms with Crippen molar-refractivity contribution in [1.29, 1.82) is 0 Å². The molecule has 8 nitrogen and oxygen atoms in total. The van der Waals surface area contributed by atoms with Crippen LogP contribution in [0.2, 0.25) is 0 Å². The van der Waals surface area contributed by atoms with Crippen LogP contribution in [0.3, 0.4) is 0 Å². The monoisotopic (exact) mass is 325 g/mol. The Balaban J connectivity index is 2.41. The van der Waals surface area contributed by atoms with Gasteiger partial charge < -0.3 is 10.9 Å². The van der Waals surface area contributed by atoms with Crippen molar-refractivity contribution in [1.82, 2.24) is 9.78 Å². The van der Waals surface area contributed by atoms with E-state index in [1.54, 1.807) is 18.2 Å². The van der Waals surface area contributed by atoms with Gasteiger partial charge in [0.15, 0.2) is 5.84 Å². The molecule has 98 valence electrons. The van der Waals surface area contributed by atoms with Crippen molar-refractivity contribution in [3.63, 3.8) is 0 Å². The van der Waals surface area contributed by atoms with Crippen LogP contribution in [0, 0.1) is 10.1 Å². The van der Waals surface area contributed by atoms with E-state index in [2.05, 4.69) is 26.2 Å². The molecule has 0 saturated carbocycles. The first-order valence-electron chi connectivity index (χ1n) is 5.00. The van der Waals surface area contributed by atoms with Gasteiger partial charge in [-0.1, -0.05) is 5.16 Å². The van der Waals surface area contributed by atoms with Gasteiger partial charge in [0.05, 0.1) is 10.6 Å². The van der Waals surface area contributed by atoms with Gasteiger partial charge in [-0.05, 0) is 34.1 Å². The molecule has 0 unspecified atom stereocenters. The van der Waals surface area contributed by atoms with E-state index >= 15 is 0 Å². The summed E-state index contributed by atoms with van der Waals surface area (Å²) >= 11 is 3.27. The molecule has 0 bridgehead atoms. The number of rotatable bonds is 3. The van der Waals surface area contributed by atoms with Gasteiger partial charge in [0.25, 0.3) is 0 Å². The largest absolute Gasteiger partial charge is 0.409 e. The van der Waals surface area contributed by atoms with Crippen molar-refractivity contribution in [2.24, 2.45) is 10.9 Å². The van der Waals surface area contributed by atoms with Gasteiger partial charge in [-0.2, -0.15) is 5.10 Å². The summed E-state index contributed by atoms with van der Waals surface area (Å²) in [7, 11) is 0. The highest BCUT2D eigenvalue weighted by molar-refractivity contribution is 9.10. The molecule has 0 aliphatic heterocycles. The molecule has 0 saturated heterocycles. The number of aromatic nitrogens is 2. The van der Waals surface area contributed by atoms with Crippen molar-refractivity contribution in [3.8, 4) is 5.69 Å². The first kappa shape index (κ1) is 13.0. The van der Waals surface area contributed by atoms with E-state index in [1.165, 1.54) is 10.9 Å². The minimum atomic E-state index is -0.524. The minimum absolute atomic E-state index is 0.0372. The van der Waals surface area contributed by atoms with Crippen LogP contribution >= 0.6 is 15.9 Å². The third-order valence-electron chi connectivity index (χ3n) is 2.38. The molecule has 1 heterocycles. The van der Waals surface area contributed by atoms with Crippen LogP contribution in [-0.2, 0) is 0 Å². The van der Waals surface area contributed by atoms with Crippen molar-refractivity contribution >= 4 is 27.5 Å². The lowest BCUT2D eigenvalue weighted by Crippen LogP contribution is -2.14. The van der Waals surface area contributed by atoms with Gasteiger partial charge in [-0.3, -0.25) is 10.1 Å². The number of hydrogen-bond donors (Lipinski definition) is 2. The Morgan fingerprint density at radius 3 is 2.84 bits per heavy atom. The third kappa shape index (κ3) is 2.55. The molecule has 0 radical (unpaired) electrons. The van der Waals surface area contributed by atoms with Gasteiger partial charge in [0.2, 0.25) is 0 Å². The number of hydrogen-bond acceptors (Lipinski definition) is 5. The number of amidine groups is 1. The topological polar surface area (TPSA) is 120 Å². The maximum atomic E-state index is 10.6. The molecule has 1 aromatic carbocycles. The van der Waals surface area contributed by atoms with Crippen molar-refractivity contribution in [2.45, 2.75) is 0 Å². The number of halogens is 1. The Morgan fingerprint density at radius 1 is 1.58 bits per heavy atom. The molecule has 9 heteroatoms. The second kappa shape index (κ2) is 5.06. The van der Waals surface area contributed by atoms with Crippen LogP contribution in [0.4, 0.5) is 5.69 Å². The lowest BCUT2D eigenvalue weighted by molar-refractivity contribution is -0.384. The number of nitrogens with two attached hydrogens (primary N) is 1. The van der Waals surface area contributed by atoms with Crippen LogP contribution in [0.25, 0.3) is 5.69 Å². The minimum Gasteiger partial charge on any atom is -0.409 e. The molecule has 0 amide bonds. The lowest BCUT2D eigenvalue weighted by Gasteiger charge is -2.05. The fourth-order valence-corrected chi connectivity index (χ4v) is 2.03. The third-order valence-corrected chi connectivity index (χ3v) is 3.04. The number of nitrogens with zero attached hydrogens (tertiary/aromatic N) is 4. The van der Waals surface area contributed by atoms with Crippen molar-refractivity contribution < 1.29 is 10.1 Å². The van der Waals surface area contributed by atoms with E-state index in [0.717, 1.165) is 6.20 Å². The average molecular weight is 326 g/mol. The zero-order chi connectivity index (χ0) is 14.0. The quantitative estimate of drug-likeness (QED) is 0.292. The normalized spacial score (nSPS) is 11.5. The molecule has 2 aromatic rings. The summed E-state index contributed by atoms with van der Waals surface area (Å²) < 4.78 is 1.94. The SMILES string of the molecule is N/C(=N/O)c1ccc(-n2cc([N+](=O)[O-])cn2)cc1Br.